The lowest BCUT2D eigenvalue weighted by molar-refractivity contribution is 0.706. The fourth-order valence-corrected chi connectivity index (χ4v) is 1.74. The van der Waals surface area contributed by atoms with Crippen LogP contribution >= 0.6 is 0 Å². The van der Waals surface area contributed by atoms with Crippen LogP contribution in [0.25, 0.3) is 0 Å². The highest BCUT2D eigenvalue weighted by Gasteiger charge is 2.26. The van der Waals surface area contributed by atoms with Gasteiger partial charge in [0.15, 0.2) is 0 Å². The van der Waals surface area contributed by atoms with E-state index in [4.69, 9.17) is 5.73 Å². The number of hydrogen-bond acceptors (Lipinski definition) is 1. The van der Waals surface area contributed by atoms with Crippen molar-refractivity contribution < 1.29 is 0 Å². The molecule has 0 fully saturated rings. The standard InChI is InChI=1S/C8H11N/c9-5-8-4-6-1-2-7(8)3-6/h1-2,4,6-7H,3,5,9H2. The molecule has 0 saturated carbocycles. The zero-order valence-electron chi connectivity index (χ0n) is 5.38. The lowest BCUT2D eigenvalue weighted by Gasteiger charge is -2.04. The number of rotatable bonds is 1. The summed E-state index contributed by atoms with van der Waals surface area (Å²) in [5.74, 6) is 1.44. The summed E-state index contributed by atoms with van der Waals surface area (Å²) in [6, 6.07) is 0. The molecule has 0 radical (unpaired) electrons. The first-order valence-corrected chi connectivity index (χ1v) is 3.49. The molecular weight excluding hydrogens is 110 g/mol. The van der Waals surface area contributed by atoms with Crippen molar-refractivity contribution in [1.29, 1.82) is 0 Å². The van der Waals surface area contributed by atoms with Crippen molar-refractivity contribution in [3.63, 3.8) is 0 Å². The van der Waals surface area contributed by atoms with Gasteiger partial charge >= 0.3 is 0 Å². The molecular formula is C8H11N. The summed E-state index contributed by atoms with van der Waals surface area (Å²) in [7, 11) is 0. The van der Waals surface area contributed by atoms with Crippen LogP contribution in [0, 0.1) is 11.8 Å². The third-order valence-corrected chi connectivity index (χ3v) is 2.26. The second kappa shape index (κ2) is 1.71. The Kier molecular flexibility index (Phi) is 0.995. The van der Waals surface area contributed by atoms with E-state index in [2.05, 4.69) is 18.2 Å². The van der Waals surface area contributed by atoms with Gasteiger partial charge in [-0.25, -0.2) is 0 Å². The van der Waals surface area contributed by atoms with Crippen LogP contribution in [0.1, 0.15) is 6.42 Å². The Labute approximate surface area is 55.2 Å². The van der Waals surface area contributed by atoms with E-state index in [1.165, 1.54) is 12.0 Å². The molecule has 1 nitrogen and oxygen atoms in total. The van der Waals surface area contributed by atoms with Gasteiger partial charge < -0.3 is 5.73 Å². The van der Waals surface area contributed by atoms with Gasteiger partial charge in [-0.15, -0.1) is 0 Å². The highest BCUT2D eigenvalue weighted by molar-refractivity contribution is 5.30. The van der Waals surface area contributed by atoms with Gasteiger partial charge in [0.1, 0.15) is 0 Å². The largest absolute Gasteiger partial charge is 0.327 e. The number of hydrogen-bond donors (Lipinski definition) is 1. The van der Waals surface area contributed by atoms with Gasteiger partial charge in [-0.05, 0) is 18.3 Å². The van der Waals surface area contributed by atoms with E-state index < -0.39 is 0 Å². The molecule has 2 aliphatic rings. The summed E-state index contributed by atoms with van der Waals surface area (Å²) in [6.45, 7) is 0.755. The molecule has 0 aliphatic heterocycles. The molecule has 2 N–H and O–H groups in total. The van der Waals surface area contributed by atoms with Gasteiger partial charge in [-0.3, -0.25) is 0 Å². The van der Waals surface area contributed by atoms with Gasteiger partial charge in [-0.2, -0.15) is 0 Å². The molecule has 1 heteroatoms. The maximum atomic E-state index is 5.52. The van der Waals surface area contributed by atoms with E-state index in [9.17, 15) is 0 Å². The molecule has 2 bridgehead atoms. The Morgan fingerprint density at radius 2 is 2.44 bits per heavy atom. The zero-order chi connectivity index (χ0) is 6.27. The topological polar surface area (TPSA) is 26.0 Å². The molecule has 0 aromatic heterocycles. The van der Waals surface area contributed by atoms with Crippen LogP contribution in [0.15, 0.2) is 23.8 Å². The number of nitrogens with two attached hydrogens (primary N) is 1. The van der Waals surface area contributed by atoms with E-state index >= 15 is 0 Å². The monoisotopic (exact) mass is 121 g/mol. The van der Waals surface area contributed by atoms with Crippen LogP contribution in [-0.2, 0) is 0 Å². The molecule has 0 heterocycles. The fraction of sp³-hybridized carbons (Fsp3) is 0.500. The van der Waals surface area contributed by atoms with Gasteiger partial charge in [0.05, 0.1) is 0 Å². The summed E-state index contributed by atoms with van der Waals surface area (Å²) in [4.78, 5) is 0. The Bertz CT molecular complexity index is 179. The summed E-state index contributed by atoms with van der Waals surface area (Å²) < 4.78 is 0. The van der Waals surface area contributed by atoms with E-state index in [0.717, 1.165) is 12.5 Å². The smallest absolute Gasteiger partial charge is 0.0142 e. The van der Waals surface area contributed by atoms with Crippen molar-refractivity contribution in [2.75, 3.05) is 6.54 Å². The maximum Gasteiger partial charge on any atom is 0.0142 e. The van der Waals surface area contributed by atoms with Crippen LogP contribution < -0.4 is 5.73 Å². The summed E-state index contributed by atoms with van der Waals surface area (Å²) in [6.07, 6.45) is 8.17. The maximum absolute atomic E-state index is 5.52. The zero-order valence-corrected chi connectivity index (χ0v) is 5.38. The Hall–Kier alpha value is -0.560. The second-order valence-corrected chi connectivity index (χ2v) is 2.84. The third-order valence-electron chi connectivity index (χ3n) is 2.26. The summed E-state index contributed by atoms with van der Waals surface area (Å²) in [5.41, 5.74) is 6.96. The van der Waals surface area contributed by atoms with Crippen molar-refractivity contribution in [3.05, 3.63) is 23.8 Å². The summed E-state index contributed by atoms with van der Waals surface area (Å²) in [5, 5.41) is 0. The highest BCUT2D eigenvalue weighted by atomic mass is 14.5. The molecule has 2 unspecified atom stereocenters. The predicted octanol–water partition coefficient (Wildman–Crippen LogP) is 1.08. The van der Waals surface area contributed by atoms with E-state index in [1.54, 1.807) is 0 Å². The van der Waals surface area contributed by atoms with Gasteiger partial charge in [0.2, 0.25) is 0 Å². The second-order valence-electron chi connectivity index (χ2n) is 2.84. The number of allylic oxidation sites excluding steroid dienone is 3. The Morgan fingerprint density at radius 1 is 1.56 bits per heavy atom. The first-order valence-electron chi connectivity index (χ1n) is 3.49. The quantitative estimate of drug-likeness (QED) is 0.516. The molecule has 48 valence electrons. The van der Waals surface area contributed by atoms with Crippen molar-refractivity contribution in [2.45, 2.75) is 6.42 Å². The molecule has 0 spiro atoms. The predicted molar refractivity (Wildman–Crippen MR) is 37.9 cm³/mol. The molecule has 2 aliphatic carbocycles. The van der Waals surface area contributed by atoms with E-state index in [-0.39, 0.29) is 0 Å². The van der Waals surface area contributed by atoms with E-state index in [0.29, 0.717) is 5.92 Å². The third kappa shape index (κ3) is 0.648. The van der Waals surface area contributed by atoms with Gasteiger partial charge in [0, 0.05) is 6.54 Å². The Morgan fingerprint density at radius 3 is 2.78 bits per heavy atom. The molecule has 0 amide bonds. The van der Waals surface area contributed by atoms with Crippen LogP contribution in [0.4, 0.5) is 0 Å². The molecule has 0 aromatic carbocycles. The van der Waals surface area contributed by atoms with Gasteiger partial charge in [0.25, 0.3) is 0 Å². The minimum Gasteiger partial charge on any atom is -0.327 e. The van der Waals surface area contributed by atoms with Crippen LogP contribution in [-0.4, -0.2) is 6.54 Å². The minimum atomic E-state index is 0.708. The van der Waals surface area contributed by atoms with Crippen molar-refractivity contribution in [3.8, 4) is 0 Å². The number of fused-ring (bicyclic) bond motifs is 2. The molecule has 2 rings (SSSR count). The lowest BCUT2D eigenvalue weighted by Crippen LogP contribution is -2.07. The van der Waals surface area contributed by atoms with Crippen molar-refractivity contribution >= 4 is 0 Å². The first kappa shape index (κ1) is 5.24. The average molecular weight is 121 g/mol. The van der Waals surface area contributed by atoms with E-state index in [1.807, 2.05) is 0 Å². The molecule has 2 atom stereocenters. The van der Waals surface area contributed by atoms with Crippen molar-refractivity contribution in [2.24, 2.45) is 17.6 Å². The Balaban J connectivity index is 2.22. The van der Waals surface area contributed by atoms with Gasteiger partial charge in [-0.1, -0.05) is 23.8 Å². The minimum absolute atomic E-state index is 0.708. The van der Waals surface area contributed by atoms with Crippen LogP contribution in [0.5, 0.6) is 0 Å². The average Bonchev–Trinajstić information content (AvgIpc) is 2.45. The van der Waals surface area contributed by atoms with Crippen LogP contribution in [0.2, 0.25) is 0 Å². The van der Waals surface area contributed by atoms with Crippen LogP contribution in [0.3, 0.4) is 0 Å². The highest BCUT2D eigenvalue weighted by Crippen LogP contribution is 2.37. The SMILES string of the molecule is NCC1=CC2C=CC1C2. The van der Waals surface area contributed by atoms with Crippen molar-refractivity contribution in [1.82, 2.24) is 0 Å². The lowest BCUT2D eigenvalue weighted by atomic mass is 10.0. The molecule has 0 aromatic rings. The normalized spacial score (nSPS) is 37.7. The fourth-order valence-electron chi connectivity index (χ4n) is 1.74. The molecule has 0 saturated heterocycles. The summed E-state index contributed by atoms with van der Waals surface area (Å²) >= 11 is 0. The first-order chi connectivity index (χ1) is 4.40. The molecule has 9 heavy (non-hydrogen) atoms.